The van der Waals surface area contributed by atoms with Gasteiger partial charge in [-0.2, -0.15) is 0 Å². The van der Waals surface area contributed by atoms with E-state index in [4.69, 9.17) is 4.74 Å². The van der Waals surface area contributed by atoms with Crippen LogP contribution in [0.2, 0.25) is 0 Å². The number of thiophene rings is 1. The fourth-order valence-electron chi connectivity index (χ4n) is 3.45. The monoisotopic (exact) mass is 328 g/mol. The van der Waals surface area contributed by atoms with Crippen molar-refractivity contribution in [3.8, 4) is 5.75 Å². The first kappa shape index (κ1) is 14.6. The molecule has 0 fully saturated rings. The third-order valence-corrected chi connectivity index (χ3v) is 5.90. The van der Waals surface area contributed by atoms with Crippen LogP contribution in [0.1, 0.15) is 45.9 Å². The van der Waals surface area contributed by atoms with Crippen molar-refractivity contribution >= 4 is 22.2 Å². The van der Waals surface area contributed by atoms with Gasteiger partial charge in [-0.3, -0.25) is 4.79 Å². The van der Waals surface area contributed by atoms with E-state index in [1.54, 1.807) is 18.4 Å². The van der Waals surface area contributed by atoms with E-state index in [9.17, 15) is 4.79 Å². The molecule has 5 heteroatoms. The summed E-state index contributed by atoms with van der Waals surface area (Å²) in [6.07, 6.45) is 3.07. The Hall–Kier alpha value is -2.01. The number of rotatable bonds is 2. The van der Waals surface area contributed by atoms with E-state index in [0.29, 0.717) is 5.92 Å². The topological polar surface area (TPSA) is 50.4 Å². The zero-order valence-electron chi connectivity index (χ0n) is 13.3. The van der Waals surface area contributed by atoms with Gasteiger partial charge in [0.05, 0.1) is 12.7 Å². The van der Waals surface area contributed by atoms with E-state index in [-0.39, 0.29) is 12.1 Å². The molecule has 2 atom stereocenters. The zero-order valence-corrected chi connectivity index (χ0v) is 14.1. The molecule has 2 heterocycles. The van der Waals surface area contributed by atoms with Gasteiger partial charge in [0.2, 0.25) is 0 Å². The second kappa shape index (κ2) is 5.57. The Labute approximate surface area is 139 Å². The minimum atomic E-state index is -0.206. The lowest BCUT2D eigenvalue weighted by atomic mass is 9.88. The highest BCUT2D eigenvalue weighted by Crippen LogP contribution is 2.42. The van der Waals surface area contributed by atoms with Crippen molar-refractivity contribution in [3.63, 3.8) is 0 Å². The van der Waals surface area contributed by atoms with Gasteiger partial charge in [0.1, 0.15) is 16.9 Å². The normalized spacial score (nSPS) is 22.6. The molecule has 0 spiro atoms. The number of benzene rings is 1. The number of carbonyl (C=O) groups is 1. The maximum atomic E-state index is 12.7. The molecule has 0 radical (unpaired) electrons. The number of amides is 1. The number of methoxy groups -OCH3 is 1. The SMILES string of the molecule is COc1cccc([C@@H]2NC(=O)c3c(sc4c3CC[C@@H](C)C4)N2)c1. The Morgan fingerprint density at radius 2 is 2.17 bits per heavy atom. The van der Waals surface area contributed by atoms with Gasteiger partial charge in [0.15, 0.2) is 0 Å². The van der Waals surface area contributed by atoms with E-state index in [2.05, 4.69) is 17.6 Å². The molecule has 1 aromatic carbocycles. The second-order valence-electron chi connectivity index (χ2n) is 6.38. The van der Waals surface area contributed by atoms with Gasteiger partial charge < -0.3 is 15.4 Å². The number of carbonyl (C=O) groups excluding carboxylic acids is 1. The highest BCUT2D eigenvalue weighted by molar-refractivity contribution is 7.16. The van der Waals surface area contributed by atoms with Crippen molar-refractivity contribution < 1.29 is 9.53 Å². The highest BCUT2D eigenvalue weighted by atomic mass is 32.1. The van der Waals surface area contributed by atoms with Crippen molar-refractivity contribution in [1.82, 2.24) is 5.32 Å². The number of hydrogen-bond acceptors (Lipinski definition) is 4. The van der Waals surface area contributed by atoms with Crippen LogP contribution in [0.25, 0.3) is 0 Å². The van der Waals surface area contributed by atoms with Gasteiger partial charge in [-0.05, 0) is 48.4 Å². The van der Waals surface area contributed by atoms with Crippen molar-refractivity contribution in [2.45, 2.75) is 32.4 Å². The first-order chi connectivity index (χ1) is 11.2. The summed E-state index contributed by atoms with van der Waals surface area (Å²) in [5, 5.41) is 7.60. The van der Waals surface area contributed by atoms with Crippen molar-refractivity contribution in [2.24, 2.45) is 5.92 Å². The number of ether oxygens (including phenoxy) is 1. The molecule has 120 valence electrons. The van der Waals surface area contributed by atoms with Crippen LogP contribution in [0.5, 0.6) is 5.75 Å². The van der Waals surface area contributed by atoms with E-state index >= 15 is 0 Å². The van der Waals surface area contributed by atoms with Crippen molar-refractivity contribution in [3.05, 3.63) is 45.8 Å². The third kappa shape index (κ3) is 2.49. The average Bonchev–Trinajstić information content (AvgIpc) is 2.92. The number of nitrogens with one attached hydrogen (secondary N) is 2. The quantitative estimate of drug-likeness (QED) is 0.883. The molecule has 0 unspecified atom stereocenters. The van der Waals surface area contributed by atoms with Gasteiger partial charge in [-0.25, -0.2) is 0 Å². The summed E-state index contributed by atoms with van der Waals surface area (Å²) in [6.45, 7) is 2.29. The summed E-state index contributed by atoms with van der Waals surface area (Å²) >= 11 is 1.75. The molecule has 2 aromatic rings. The Balaban J connectivity index is 1.68. The Morgan fingerprint density at radius 3 is 3.00 bits per heavy atom. The zero-order chi connectivity index (χ0) is 16.0. The first-order valence-electron chi connectivity index (χ1n) is 8.01. The summed E-state index contributed by atoms with van der Waals surface area (Å²) < 4.78 is 5.28. The molecule has 4 nitrogen and oxygen atoms in total. The summed E-state index contributed by atoms with van der Waals surface area (Å²) in [7, 11) is 1.65. The van der Waals surface area contributed by atoms with Gasteiger partial charge in [-0.15, -0.1) is 11.3 Å². The molecular weight excluding hydrogens is 308 g/mol. The average molecular weight is 328 g/mol. The van der Waals surface area contributed by atoms with Crippen LogP contribution in [-0.4, -0.2) is 13.0 Å². The second-order valence-corrected chi connectivity index (χ2v) is 7.49. The molecule has 2 aliphatic rings. The van der Waals surface area contributed by atoms with E-state index in [0.717, 1.165) is 34.7 Å². The number of fused-ring (bicyclic) bond motifs is 3. The lowest BCUT2D eigenvalue weighted by Gasteiger charge is -2.27. The van der Waals surface area contributed by atoms with Gasteiger partial charge >= 0.3 is 0 Å². The molecule has 1 amide bonds. The lowest BCUT2D eigenvalue weighted by Crippen LogP contribution is -2.38. The minimum absolute atomic E-state index is 0.0404. The van der Waals surface area contributed by atoms with Gasteiger partial charge in [-0.1, -0.05) is 19.1 Å². The first-order valence-corrected chi connectivity index (χ1v) is 8.83. The van der Waals surface area contributed by atoms with Crippen LogP contribution in [-0.2, 0) is 12.8 Å². The standard InChI is InChI=1S/C18H20N2O2S/c1-10-6-7-13-14(8-10)23-18-15(13)17(21)19-16(20-18)11-4-3-5-12(9-11)22-2/h3-5,9-10,16,20H,6-8H2,1-2H3,(H,19,21)/t10-,16-/m1/s1. The lowest BCUT2D eigenvalue weighted by molar-refractivity contribution is 0.0935. The number of anilines is 1. The fraction of sp³-hybridized carbons (Fsp3) is 0.389. The minimum Gasteiger partial charge on any atom is -0.497 e. The largest absolute Gasteiger partial charge is 0.497 e. The smallest absolute Gasteiger partial charge is 0.256 e. The van der Waals surface area contributed by atoms with Crippen LogP contribution < -0.4 is 15.4 Å². The Bertz CT molecular complexity index is 768. The molecule has 23 heavy (non-hydrogen) atoms. The Kier molecular flexibility index (Phi) is 3.53. The molecule has 0 bridgehead atoms. The molecule has 1 aromatic heterocycles. The molecular formula is C18H20N2O2S. The predicted octanol–water partition coefficient (Wildman–Crippen LogP) is 3.74. The molecule has 2 N–H and O–H groups in total. The predicted molar refractivity (Wildman–Crippen MR) is 92.3 cm³/mol. The number of hydrogen-bond donors (Lipinski definition) is 2. The maximum absolute atomic E-state index is 12.7. The third-order valence-electron chi connectivity index (χ3n) is 4.72. The van der Waals surface area contributed by atoms with E-state index in [1.165, 1.54) is 16.9 Å². The molecule has 0 saturated heterocycles. The van der Waals surface area contributed by atoms with Gasteiger partial charge in [0.25, 0.3) is 5.91 Å². The summed E-state index contributed by atoms with van der Waals surface area (Å²) in [5.41, 5.74) is 3.14. The summed E-state index contributed by atoms with van der Waals surface area (Å²) in [5.74, 6) is 1.54. The highest BCUT2D eigenvalue weighted by Gasteiger charge is 2.33. The van der Waals surface area contributed by atoms with Crippen LogP contribution >= 0.6 is 11.3 Å². The Morgan fingerprint density at radius 1 is 1.30 bits per heavy atom. The van der Waals surface area contributed by atoms with E-state index < -0.39 is 0 Å². The van der Waals surface area contributed by atoms with Crippen molar-refractivity contribution in [1.29, 1.82) is 0 Å². The summed E-state index contributed by atoms with van der Waals surface area (Å²) in [4.78, 5) is 14.0. The molecule has 0 saturated carbocycles. The van der Waals surface area contributed by atoms with Crippen LogP contribution in [0.3, 0.4) is 0 Å². The van der Waals surface area contributed by atoms with Gasteiger partial charge in [0, 0.05) is 4.88 Å². The van der Waals surface area contributed by atoms with Crippen molar-refractivity contribution in [2.75, 3.05) is 12.4 Å². The fourth-order valence-corrected chi connectivity index (χ4v) is 4.89. The molecule has 1 aliphatic heterocycles. The molecule has 1 aliphatic carbocycles. The van der Waals surface area contributed by atoms with Crippen LogP contribution in [0.4, 0.5) is 5.00 Å². The van der Waals surface area contributed by atoms with Crippen LogP contribution in [0.15, 0.2) is 24.3 Å². The summed E-state index contributed by atoms with van der Waals surface area (Å²) in [6, 6.07) is 7.81. The molecule has 4 rings (SSSR count). The maximum Gasteiger partial charge on any atom is 0.256 e. The van der Waals surface area contributed by atoms with Crippen LogP contribution in [0, 0.1) is 5.92 Å². The van der Waals surface area contributed by atoms with E-state index in [1.807, 2.05) is 24.3 Å².